The molecule has 0 atom stereocenters. The lowest BCUT2D eigenvalue weighted by Crippen LogP contribution is -2.35. The number of nitrogens with zero attached hydrogens (tertiary/aromatic N) is 2. The predicted octanol–water partition coefficient (Wildman–Crippen LogP) is 4.93. The van der Waals surface area contributed by atoms with Gasteiger partial charge in [0.15, 0.2) is 5.82 Å². The number of benzene rings is 3. The van der Waals surface area contributed by atoms with E-state index < -0.39 is 17.3 Å². The van der Waals surface area contributed by atoms with Gasteiger partial charge in [-0.05, 0) is 66.9 Å². The summed E-state index contributed by atoms with van der Waals surface area (Å²) < 4.78 is 14.5. The highest BCUT2D eigenvalue weighted by Crippen LogP contribution is 2.19. The SMILES string of the molecule is CCCCc1ccc(C(=O)Nn2c(-c3ccc(F)cc3)nc3ccccc3c2=O)cc1. The Bertz CT molecular complexity index is 1280. The van der Waals surface area contributed by atoms with E-state index in [0.717, 1.165) is 29.5 Å². The molecule has 0 spiro atoms. The lowest BCUT2D eigenvalue weighted by Gasteiger charge is -2.15. The normalized spacial score (nSPS) is 10.9. The van der Waals surface area contributed by atoms with Crippen molar-refractivity contribution in [2.75, 3.05) is 5.43 Å². The zero-order chi connectivity index (χ0) is 21.8. The fraction of sp³-hybridized carbons (Fsp3) is 0.160. The Balaban J connectivity index is 1.74. The van der Waals surface area contributed by atoms with E-state index in [4.69, 9.17) is 0 Å². The minimum absolute atomic E-state index is 0.233. The Morgan fingerprint density at radius 3 is 2.42 bits per heavy atom. The Kier molecular flexibility index (Phi) is 5.89. The first kappa shape index (κ1) is 20.5. The van der Waals surface area contributed by atoms with E-state index in [0.29, 0.717) is 22.0 Å². The molecule has 4 aromatic rings. The molecule has 1 heterocycles. The molecule has 31 heavy (non-hydrogen) atoms. The van der Waals surface area contributed by atoms with Gasteiger partial charge in [0.2, 0.25) is 0 Å². The number of carbonyl (C=O) groups excluding carboxylic acids is 1. The van der Waals surface area contributed by atoms with Crippen LogP contribution in [0.15, 0.2) is 77.6 Å². The zero-order valence-electron chi connectivity index (χ0n) is 17.1. The standard InChI is InChI=1S/C25H22FN3O2/c1-2-3-6-17-9-11-19(12-10-17)24(30)28-29-23(18-13-15-20(26)16-14-18)27-22-8-5-4-7-21(22)25(29)31/h4-5,7-16H,2-3,6H2,1H3,(H,28,30). The minimum Gasteiger partial charge on any atom is -0.267 e. The maximum atomic E-state index is 13.4. The second-order valence-corrected chi connectivity index (χ2v) is 7.34. The van der Waals surface area contributed by atoms with Gasteiger partial charge in [-0.25, -0.2) is 9.37 Å². The molecule has 4 rings (SSSR count). The molecule has 1 aromatic heterocycles. The van der Waals surface area contributed by atoms with Gasteiger partial charge in [0.1, 0.15) is 5.82 Å². The van der Waals surface area contributed by atoms with Crippen LogP contribution in [0.2, 0.25) is 0 Å². The molecular formula is C25H22FN3O2. The third-order valence-electron chi connectivity index (χ3n) is 5.13. The van der Waals surface area contributed by atoms with Crippen LogP contribution in [0, 0.1) is 5.82 Å². The molecule has 0 aliphatic carbocycles. The highest BCUT2D eigenvalue weighted by molar-refractivity contribution is 6.00. The average Bonchev–Trinajstić information content (AvgIpc) is 2.80. The van der Waals surface area contributed by atoms with Crippen molar-refractivity contribution in [3.8, 4) is 11.4 Å². The van der Waals surface area contributed by atoms with Gasteiger partial charge in [-0.3, -0.25) is 15.0 Å². The Labute approximate surface area is 179 Å². The number of amides is 1. The summed E-state index contributed by atoms with van der Waals surface area (Å²) in [5.41, 5.74) is 4.88. The second kappa shape index (κ2) is 8.92. The minimum atomic E-state index is -0.426. The van der Waals surface area contributed by atoms with E-state index in [1.54, 1.807) is 36.4 Å². The Morgan fingerprint density at radius 2 is 1.71 bits per heavy atom. The van der Waals surface area contributed by atoms with Crippen molar-refractivity contribution in [2.45, 2.75) is 26.2 Å². The largest absolute Gasteiger partial charge is 0.280 e. The van der Waals surface area contributed by atoms with E-state index in [1.165, 1.54) is 24.3 Å². The zero-order valence-corrected chi connectivity index (χ0v) is 17.1. The van der Waals surface area contributed by atoms with Crippen LogP contribution in [0.1, 0.15) is 35.7 Å². The molecule has 0 aliphatic rings. The Hall–Kier alpha value is -3.80. The van der Waals surface area contributed by atoms with Gasteiger partial charge < -0.3 is 0 Å². The summed E-state index contributed by atoms with van der Waals surface area (Å²) in [4.78, 5) is 30.6. The fourth-order valence-corrected chi connectivity index (χ4v) is 3.40. The second-order valence-electron chi connectivity index (χ2n) is 7.34. The number of hydrogen-bond acceptors (Lipinski definition) is 3. The third-order valence-corrected chi connectivity index (χ3v) is 5.13. The molecule has 5 nitrogen and oxygen atoms in total. The van der Waals surface area contributed by atoms with Crippen LogP contribution < -0.4 is 11.0 Å². The van der Waals surface area contributed by atoms with Crippen LogP contribution in [0.3, 0.4) is 0 Å². The van der Waals surface area contributed by atoms with Gasteiger partial charge in [-0.1, -0.05) is 37.6 Å². The van der Waals surface area contributed by atoms with Crippen molar-refractivity contribution in [2.24, 2.45) is 0 Å². The molecule has 0 bridgehead atoms. The van der Waals surface area contributed by atoms with Crippen LogP contribution in [-0.2, 0) is 6.42 Å². The number of para-hydroxylation sites is 1. The molecular weight excluding hydrogens is 393 g/mol. The summed E-state index contributed by atoms with van der Waals surface area (Å²) in [7, 11) is 0. The van der Waals surface area contributed by atoms with E-state index in [1.807, 2.05) is 12.1 Å². The molecule has 0 aliphatic heterocycles. The van der Waals surface area contributed by atoms with Gasteiger partial charge in [-0.2, -0.15) is 4.68 Å². The average molecular weight is 415 g/mol. The number of halogens is 1. The van der Waals surface area contributed by atoms with E-state index in [9.17, 15) is 14.0 Å². The lowest BCUT2D eigenvalue weighted by atomic mass is 10.1. The summed E-state index contributed by atoms with van der Waals surface area (Å²) in [6, 6.07) is 19.9. The highest BCUT2D eigenvalue weighted by atomic mass is 19.1. The summed E-state index contributed by atoms with van der Waals surface area (Å²) in [5, 5.41) is 0.378. The van der Waals surface area contributed by atoms with Crippen molar-refractivity contribution in [3.63, 3.8) is 0 Å². The van der Waals surface area contributed by atoms with Crippen molar-refractivity contribution < 1.29 is 9.18 Å². The molecule has 0 saturated carbocycles. The van der Waals surface area contributed by atoms with E-state index >= 15 is 0 Å². The third kappa shape index (κ3) is 4.38. The lowest BCUT2D eigenvalue weighted by molar-refractivity contribution is 0.101. The number of fused-ring (bicyclic) bond motifs is 1. The highest BCUT2D eigenvalue weighted by Gasteiger charge is 2.16. The maximum absolute atomic E-state index is 13.4. The van der Waals surface area contributed by atoms with Gasteiger partial charge in [0.25, 0.3) is 11.5 Å². The molecule has 3 aromatic carbocycles. The van der Waals surface area contributed by atoms with Crippen molar-refractivity contribution in [1.29, 1.82) is 0 Å². The first-order valence-electron chi connectivity index (χ1n) is 10.2. The predicted molar refractivity (Wildman–Crippen MR) is 120 cm³/mol. The number of rotatable bonds is 6. The number of unbranched alkanes of at least 4 members (excludes halogenated alkanes) is 1. The maximum Gasteiger partial charge on any atom is 0.280 e. The molecule has 1 N–H and O–H groups in total. The smallest absolute Gasteiger partial charge is 0.267 e. The topological polar surface area (TPSA) is 64.0 Å². The van der Waals surface area contributed by atoms with Crippen LogP contribution in [-0.4, -0.2) is 15.6 Å². The van der Waals surface area contributed by atoms with Crippen LogP contribution >= 0.6 is 0 Å². The number of aryl methyl sites for hydroxylation is 1. The molecule has 156 valence electrons. The van der Waals surface area contributed by atoms with E-state index in [2.05, 4.69) is 17.3 Å². The van der Waals surface area contributed by atoms with Crippen LogP contribution in [0.5, 0.6) is 0 Å². The number of carbonyl (C=O) groups is 1. The monoisotopic (exact) mass is 415 g/mol. The number of hydrogen-bond donors (Lipinski definition) is 1. The van der Waals surface area contributed by atoms with Gasteiger partial charge >= 0.3 is 0 Å². The first-order valence-corrected chi connectivity index (χ1v) is 10.2. The summed E-state index contributed by atoms with van der Waals surface area (Å²) >= 11 is 0. The summed E-state index contributed by atoms with van der Waals surface area (Å²) in [6.07, 6.45) is 3.15. The number of aromatic nitrogens is 2. The van der Waals surface area contributed by atoms with Gasteiger partial charge in [-0.15, -0.1) is 0 Å². The van der Waals surface area contributed by atoms with Gasteiger partial charge in [0.05, 0.1) is 10.9 Å². The van der Waals surface area contributed by atoms with Gasteiger partial charge in [0, 0.05) is 11.1 Å². The molecule has 1 amide bonds. The van der Waals surface area contributed by atoms with E-state index in [-0.39, 0.29) is 5.82 Å². The van der Waals surface area contributed by atoms with Crippen molar-refractivity contribution in [1.82, 2.24) is 9.66 Å². The summed E-state index contributed by atoms with van der Waals surface area (Å²) in [5.74, 6) is -0.591. The Morgan fingerprint density at radius 1 is 1.00 bits per heavy atom. The molecule has 6 heteroatoms. The molecule has 0 fully saturated rings. The quantitative estimate of drug-likeness (QED) is 0.486. The molecule has 0 saturated heterocycles. The van der Waals surface area contributed by atoms with Crippen molar-refractivity contribution in [3.05, 3.63) is 100 Å². The van der Waals surface area contributed by atoms with Crippen LogP contribution in [0.4, 0.5) is 4.39 Å². The summed E-state index contributed by atoms with van der Waals surface area (Å²) in [6.45, 7) is 2.13. The van der Waals surface area contributed by atoms with Crippen molar-refractivity contribution >= 4 is 16.8 Å². The molecule has 0 unspecified atom stereocenters. The van der Waals surface area contributed by atoms with Crippen LogP contribution in [0.25, 0.3) is 22.3 Å². The number of nitrogens with one attached hydrogen (secondary N) is 1. The molecule has 0 radical (unpaired) electrons. The fourth-order valence-electron chi connectivity index (χ4n) is 3.40. The first-order chi connectivity index (χ1) is 15.1.